The topological polar surface area (TPSA) is 45.9 Å². The van der Waals surface area contributed by atoms with Crippen molar-refractivity contribution < 1.29 is 4.74 Å². The van der Waals surface area contributed by atoms with Crippen LogP contribution < -0.4 is 0 Å². The fourth-order valence-corrected chi connectivity index (χ4v) is 2.70. The van der Waals surface area contributed by atoms with Crippen molar-refractivity contribution in [1.82, 2.24) is 4.98 Å². The molecule has 0 spiro atoms. The highest BCUT2D eigenvalue weighted by Gasteiger charge is 2.22. The maximum absolute atomic E-state index is 8.39. The van der Waals surface area contributed by atoms with Crippen molar-refractivity contribution in [3.05, 3.63) is 15.6 Å². The van der Waals surface area contributed by atoms with E-state index in [1.54, 1.807) is 17.6 Å². The summed E-state index contributed by atoms with van der Waals surface area (Å²) < 4.78 is 4.93. The van der Waals surface area contributed by atoms with E-state index in [0.717, 1.165) is 24.3 Å². The van der Waals surface area contributed by atoms with Crippen LogP contribution >= 0.6 is 11.3 Å². The minimum Gasteiger partial charge on any atom is -0.424 e. The molecular weight excluding hydrogens is 184 g/mol. The highest BCUT2D eigenvalue weighted by Crippen LogP contribution is 2.27. The molecule has 0 radical (unpaired) electrons. The van der Waals surface area contributed by atoms with Gasteiger partial charge in [0.05, 0.1) is 10.7 Å². The van der Waals surface area contributed by atoms with Crippen molar-refractivity contribution in [3.63, 3.8) is 0 Å². The number of aromatic nitrogens is 1. The molecule has 1 aliphatic carbocycles. The Labute approximate surface area is 81.0 Å². The minimum absolute atomic E-state index is 0.0809. The molecular formula is C9H10N2OS. The summed E-state index contributed by atoms with van der Waals surface area (Å²) in [4.78, 5) is 5.72. The molecule has 0 amide bonds. The molecule has 4 heteroatoms. The quantitative estimate of drug-likeness (QED) is 0.640. The lowest BCUT2D eigenvalue weighted by Crippen LogP contribution is -2.19. The lowest BCUT2D eigenvalue weighted by Gasteiger charge is -2.17. The van der Waals surface area contributed by atoms with Gasteiger partial charge in [-0.2, -0.15) is 5.26 Å². The number of fused-ring (bicyclic) bond motifs is 1. The van der Waals surface area contributed by atoms with Gasteiger partial charge in [0.2, 0.25) is 0 Å². The zero-order chi connectivity index (χ0) is 9.26. The van der Waals surface area contributed by atoms with E-state index >= 15 is 0 Å². The Morgan fingerprint density at radius 3 is 3.31 bits per heavy atom. The van der Waals surface area contributed by atoms with Crippen molar-refractivity contribution in [2.24, 2.45) is 0 Å². The molecule has 1 aliphatic rings. The first-order chi connectivity index (χ1) is 6.29. The Morgan fingerprint density at radius 2 is 2.54 bits per heavy atom. The first-order valence-electron chi connectivity index (χ1n) is 4.29. The van der Waals surface area contributed by atoms with Gasteiger partial charge in [-0.1, -0.05) is 0 Å². The summed E-state index contributed by atoms with van der Waals surface area (Å²) >= 11 is 1.72. The molecule has 0 N–H and O–H groups in total. The molecule has 0 saturated carbocycles. The van der Waals surface area contributed by atoms with Crippen LogP contribution in [0.4, 0.5) is 0 Å². The second-order valence-corrected chi connectivity index (χ2v) is 4.46. The van der Waals surface area contributed by atoms with Crippen molar-refractivity contribution in [2.75, 3.05) is 0 Å². The van der Waals surface area contributed by atoms with Gasteiger partial charge in [-0.05, 0) is 19.8 Å². The summed E-state index contributed by atoms with van der Waals surface area (Å²) in [7, 11) is 0. The summed E-state index contributed by atoms with van der Waals surface area (Å²) in [6.45, 7) is 2.02. The molecule has 1 atom stereocenters. The summed E-state index contributed by atoms with van der Waals surface area (Å²) in [5, 5.41) is 9.50. The van der Waals surface area contributed by atoms with Gasteiger partial charge < -0.3 is 4.74 Å². The molecule has 3 nitrogen and oxygen atoms in total. The Hall–Kier alpha value is -1.08. The maximum atomic E-state index is 8.39. The molecule has 1 aromatic rings. The summed E-state index contributed by atoms with van der Waals surface area (Å²) in [5.74, 6) is 0. The first-order valence-corrected chi connectivity index (χ1v) is 5.11. The van der Waals surface area contributed by atoms with E-state index in [-0.39, 0.29) is 6.10 Å². The Bertz CT molecular complexity index is 353. The molecule has 0 bridgehead atoms. The van der Waals surface area contributed by atoms with Gasteiger partial charge in [0.1, 0.15) is 6.10 Å². The second kappa shape index (κ2) is 3.35. The molecule has 0 aliphatic heterocycles. The van der Waals surface area contributed by atoms with Crippen molar-refractivity contribution in [3.8, 4) is 6.26 Å². The van der Waals surface area contributed by atoms with Gasteiger partial charge in [-0.3, -0.25) is 0 Å². The molecule has 1 aromatic heterocycles. The van der Waals surface area contributed by atoms with Crippen molar-refractivity contribution in [1.29, 1.82) is 5.26 Å². The Morgan fingerprint density at radius 1 is 1.69 bits per heavy atom. The van der Waals surface area contributed by atoms with Gasteiger partial charge in [-0.25, -0.2) is 4.98 Å². The zero-order valence-corrected chi connectivity index (χ0v) is 8.23. The van der Waals surface area contributed by atoms with Gasteiger partial charge in [-0.15, -0.1) is 11.3 Å². The largest absolute Gasteiger partial charge is 0.424 e. The molecule has 13 heavy (non-hydrogen) atoms. The van der Waals surface area contributed by atoms with Crippen molar-refractivity contribution in [2.45, 2.75) is 32.3 Å². The van der Waals surface area contributed by atoms with Crippen LogP contribution in [0.3, 0.4) is 0 Å². The van der Waals surface area contributed by atoms with Gasteiger partial charge in [0.15, 0.2) is 0 Å². The van der Waals surface area contributed by atoms with Crippen LogP contribution in [-0.2, 0) is 17.6 Å². The Kier molecular flexibility index (Phi) is 2.19. The predicted octanol–water partition coefficient (Wildman–Crippen LogP) is 1.81. The van der Waals surface area contributed by atoms with Gasteiger partial charge >= 0.3 is 0 Å². The third kappa shape index (κ3) is 1.65. The summed E-state index contributed by atoms with van der Waals surface area (Å²) in [6, 6.07) is 0. The van der Waals surface area contributed by atoms with Crippen LogP contribution in [0.15, 0.2) is 0 Å². The van der Waals surface area contributed by atoms with E-state index in [4.69, 9.17) is 10.00 Å². The van der Waals surface area contributed by atoms with Crippen LogP contribution in [0.2, 0.25) is 0 Å². The third-order valence-electron chi connectivity index (χ3n) is 2.22. The lowest BCUT2D eigenvalue weighted by atomic mass is 10.0. The average Bonchev–Trinajstić information content (AvgIpc) is 2.44. The van der Waals surface area contributed by atoms with Crippen LogP contribution in [0.25, 0.3) is 0 Å². The SMILES string of the molecule is Cc1nc2c(s1)CC(OC#N)CC2. The van der Waals surface area contributed by atoms with E-state index in [2.05, 4.69) is 4.98 Å². The van der Waals surface area contributed by atoms with E-state index < -0.39 is 0 Å². The number of thiazole rings is 1. The first kappa shape index (κ1) is 8.52. The fourth-order valence-electron chi connectivity index (χ4n) is 1.65. The molecule has 68 valence electrons. The molecule has 1 heterocycles. The van der Waals surface area contributed by atoms with Crippen LogP contribution in [0, 0.1) is 18.4 Å². The van der Waals surface area contributed by atoms with Gasteiger partial charge in [0.25, 0.3) is 6.26 Å². The number of hydrogen-bond acceptors (Lipinski definition) is 4. The number of rotatable bonds is 1. The summed E-state index contributed by atoms with van der Waals surface area (Å²) in [6.07, 6.45) is 4.57. The van der Waals surface area contributed by atoms with Crippen LogP contribution in [0.5, 0.6) is 0 Å². The monoisotopic (exact) mass is 194 g/mol. The standard InChI is InChI=1S/C9H10N2OS/c1-6-11-8-3-2-7(12-5-10)4-9(8)13-6/h7H,2-4H2,1H3. The number of nitriles is 1. The van der Waals surface area contributed by atoms with Crippen molar-refractivity contribution >= 4 is 11.3 Å². The van der Waals surface area contributed by atoms with E-state index in [0.29, 0.717) is 0 Å². The van der Waals surface area contributed by atoms with Crippen LogP contribution in [0.1, 0.15) is 22.0 Å². The number of nitrogens with zero attached hydrogens (tertiary/aromatic N) is 2. The molecule has 0 saturated heterocycles. The van der Waals surface area contributed by atoms with E-state index in [1.807, 2.05) is 6.92 Å². The zero-order valence-electron chi connectivity index (χ0n) is 7.41. The highest BCUT2D eigenvalue weighted by atomic mass is 32.1. The highest BCUT2D eigenvalue weighted by molar-refractivity contribution is 7.11. The molecule has 0 fully saturated rings. The third-order valence-corrected chi connectivity index (χ3v) is 3.26. The number of hydrogen-bond donors (Lipinski definition) is 0. The van der Waals surface area contributed by atoms with E-state index in [1.165, 1.54) is 10.6 Å². The Balaban J connectivity index is 2.15. The van der Waals surface area contributed by atoms with E-state index in [9.17, 15) is 0 Å². The lowest BCUT2D eigenvalue weighted by molar-refractivity contribution is 0.147. The molecule has 0 aromatic carbocycles. The maximum Gasteiger partial charge on any atom is 0.286 e. The average molecular weight is 194 g/mol. The number of ether oxygens (including phenoxy) is 1. The number of aryl methyl sites for hydroxylation is 2. The normalized spacial score (nSPS) is 20.5. The molecule has 2 rings (SSSR count). The fraction of sp³-hybridized carbons (Fsp3) is 0.556. The summed E-state index contributed by atoms with van der Waals surface area (Å²) in [5.41, 5.74) is 1.21. The minimum atomic E-state index is 0.0809. The molecule has 1 unspecified atom stereocenters. The van der Waals surface area contributed by atoms with Crippen LogP contribution in [-0.4, -0.2) is 11.1 Å². The smallest absolute Gasteiger partial charge is 0.286 e. The van der Waals surface area contributed by atoms with Gasteiger partial charge in [0, 0.05) is 11.3 Å². The predicted molar refractivity (Wildman–Crippen MR) is 49.4 cm³/mol. The second-order valence-electron chi connectivity index (χ2n) is 3.18.